The number of aliphatic carboxylic acids is 1. The molecule has 8 nitrogen and oxygen atoms in total. The van der Waals surface area contributed by atoms with Gasteiger partial charge in [-0.3, -0.25) is 9.69 Å². The van der Waals surface area contributed by atoms with Crippen LogP contribution in [0.15, 0.2) is 12.1 Å². The van der Waals surface area contributed by atoms with E-state index in [4.69, 9.17) is 19.3 Å². The van der Waals surface area contributed by atoms with E-state index in [1.54, 1.807) is 14.2 Å². The second-order valence-electron chi connectivity index (χ2n) is 9.35. The van der Waals surface area contributed by atoms with Crippen LogP contribution < -0.4 is 14.8 Å². The van der Waals surface area contributed by atoms with Crippen molar-refractivity contribution in [1.82, 2.24) is 10.2 Å². The standard InChI is InChI=1S/C24H36N2O6/c1-14(2)8-17-12-26-7-6-16-10-21(30-4)22(31-5)11-19(16)20(26)9-18(17)13-32-24(29)25-15(3)23(27)28/h10-11,14-15,17-18,20H,6-9,12-13H2,1-5H3,(H,25,29)(H,27,28)/t15-,17-,18+,20-/m1/s1. The molecule has 2 aliphatic rings. The molecule has 0 bridgehead atoms. The number of ether oxygens (including phenoxy) is 3. The number of nitrogens with zero attached hydrogens (tertiary/aromatic N) is 1. The molecule has 32 heavy (non-hydrogen) atoms. The molecule has 0 unspecified atom stereocenters. The second kappa shape index (κ2) is 10.4. The third kappa shape index (κ3) is 5.46. The number of methoxy groups -OCH3 is 2. The van der Waals surface area contributed by atoms with E-state index in [1.807, 2.05) is 0 Å². The number of carbonyl (C=O) groups is 2. The van der Waals surface area contributed by atoms with Crippen molar-refractivity contribution >= 4 is 12.1 Å². The highest BCUT2D eigenvalue weighted by Crippen LogP contribution is 2.45. The maximum Gasteiger partial charge on any atom is 0.407 e. The lowest BCUT2D eigenvalue weighted by Crippen LogP contribution is -2.48. The number of benzene rings is 1. The van der Waals surface area contributed by atoms with Gasteiger partial charge in [0.05, 0.1) is 20.8 Å². The summed E-state index contributed by atoms with van der Waals surface area (Å²) in [6.45, 7) is 8.08. The number of nitrogens with one attached hydrogen (secondary N) is 1. The van der Waals surface area contributed by atoms with Gasteiger partial charge < -0.3 is 24.6 Å². The normalized spacial score (nSPS) is 23.6. The summed E-state index contributed by atoms with van der Waals surface area (Å²) in [6.07, 6.45) is 2.23. The number of rotatable bonds is 8. The lowest BCUT2D eigenvalue weighted by Gasteiger charge is -2.47. The van der Waals surface area contributed by atoms with Gasteiger partial charge in [0, 0.05) is 19.1 Å². The summed E-state index contributed by atoms with van der Waals surface area (Å²) in [4.78, 5) is 25.7. The van der Waals surface area contributed by atoms with Gasteiger partial charge >= 0.3 is 12.1 Å². The Morgan fingerprint density at radius 1 is 1.16 bits per heavy atom. The van der Waals surface area contributed by atoms with Gasteiger partial charge in [0.2, 0.25) is 0 Å². The summed E-state index contributed by atoms with van der Waals surface area (Å²) in [5.74, 6) is 1.54. The Labute approximate surface area is 190 Å². The predicted octanol–water partition coefficient (Wildman–Crippen LogP) is 3.48. The molecular formula is C24H36N2O6. The van der Waals surface area contributed by atoms with Crippen molar-refractivity contribution in [3.8, 4) is 11.5 Å². The largest absolute Gasteiger partial charge is 0.493 e. The van der Waals surface area contributed by atoms with Gasteiger partial charge in [-0.05, 0) is 67.2 Å². The molecule has 8 heteroatoms. The highest BCUT2D eigenvalue weighted by Gasteiger charge is 2.40. The van der Waals surface area contributed by atoms with E-state index in [2.05, 4.69) is 36.2 Å². The Kier molecular flexibility index (Phi) is 7.87. The van der Waals surface area contributed by atoms with Crippen LogP contribution in [0.25, 0.3) is 0 Å². The van der Waals surface area contributed by atoms with Crippen LogP contribution in [0, 0.1) is 17.8 Å². The van der Waals surface area contributed by atoms with Gasteiger partial charge in [0.25, 0.3) is 0 Å². The second-order valence-corrected chi connectivity index (χ2v) is 9.35. The molecule has 0 spiro atoms. The van der Waals surface area contributed by atoms with Crippen molar-refractivity contribution in [3.63, 3.8) is 0 Å². The van der Waals surface area contributed by atoms with E-state index in [0.29, 0.717) is 11.8 Å². The summed E-state index contributed by atoms with van der Waals surface area (Å²) in [5, 5.41) is 11.4. The van der Waals surface area contributed by atoms with Gasteiger partial charge in [-0.1, -0.05) is 13.8 Å². The molecule has 0 aromatic heterocycles. The van der Waals surface area contributed by atoms with Crippen LogP contribution in [0.5, 0.6) is 11.5 Å². The molecule has 3 rings (SSSR count). The predicted molar refractivity (Wildman–Crippen MR) is 120 cm³/mol. The van der Waals surface area contributed by atoms with E-state index < -0.39 is 18.1 Å². The first kappa shape index (κ1) is 24.2. The Morgan fingerprint density at radius 3 is 2.47 bits per heavy atom. The maximum absolute atomic E-state index is 12.1. The first-order valence-electron chi connectivity index (χ1n) is 11.4. The van der Waals surface area contributed by atoms with Gasteiger partial charge in [-0.2, -0.15) is 0 Å². The Balaban J connectivity index is 1.78. The summed E-state index contributed by atoms with van der Waals surface area (Å²) in [7, 11) is 3.30. The van der Waals surface area contributed by atoms with Crippen molar-refractivity contribution in [2.45, 2.75) is 52.1 Å². The minimum absolute atomic E-state index is 0.198. The van der Waals surface area contributed by atoms with Crippen LogP contribution in [0.1, 0.15) is 50.8 Å². The number of piperidine rings is 1. The average Bonchev–Trinajstić information content (AvgIpc) is 2.75. The van der Waals surface area contributed by atoms with Crippen molar-refractivity contribution in [1.29, 1.82) is 0 Å². The van der Waals surface area contributed by atoms with Crippen molar-refractivity contribution in [2.24, 2.45) is 17.8 Å². The van der Waals surface area contributed by atoms with Gasteiger partial charge in [0.15, 0.2) is 11.5 Å². The number of alkyl carbamates (subject to hydrolysis) is 1. The number of carboxylic acids is 1. The van der Waals surface area contributed by atoms with E-state index in [0.717, 1.165) is 43.9 Å². The lowest BCUT2D eigenvalue weighted by atomic mass is 9.74. The van der Waals surface area contributed by atoms with Crippen LogP contribution in [-0.2, 0) is 16.0 Å². The average molecular weight is 449 g/mol. The lowest BCUT2D eigenvalue weighted by molar-refractivity contribution is -0.138. The van der Waals surface area contributed by atoms with E-state index in [1.165, 1.54) is 18.1 Å². The first-order valence-corrected chi connectivity index (χ1v) is 11.4. The zero-order valence-corrected chi connectivity index (χ0v) is 19.7. The zero-order valence-electron chi connectivity index (χ0n) is 19.7. The van der Waals surface area contributed by atoms with Crippen LogP contribution in [0.2, 0.25) is 0 Å². The van der Waals surface area contributed by atoms with Gasteiger partial charge in [0.1, 0.15) is 6.04 Å². The number of carbonyl (C=O) groups excluding carboxylic acids is 1. The minimum atomic E-state index is -1.09. The molecule has 4 atom stereocenters. The Hall–Kier alpha value is -2.48. The summed E-state index contributed by atoms with van der Waals surface area (Å²) in [5.41, 5.74) is 2.53. The zero-order chi connectivity index (χ0) is 23.4. The molecule has 1 aromatic rings. The molecule has 1 aromatic carbocycles. The topological polar surface area (TPSA) is 97.3 Å². The molecule has 2 aliphatic heterocycles. The molecule has 178 valence electrons. The fraction of sp³-hybridized carbons (Fsp3) is 0.667. The third-order valence-electron chi connectivity index (χ3n) is 6.68. The quantitative estimate of drug-likeness (QED) is 0.628. The Morgan fingerprint density at radius 2 is 1.84 bits per heavy atom. The van der Waals surface area contributed by atoms with Gasteiger partial charge in [-0.25, -0.2) is 4.79 Å². The molecule has 0 saturated carbocycles. The maximum atomic E-state index is 12.1. The van der Waals surface area contributed by atoms with Crippen LogP contribution in [-0.4, -0.2) is 62.0 Å². The fourth-order valence-electron chi connectivity index (χ4n) is 5.04. The number of fused-ring (bicyclic) bond motifs is 3. The molecular weight excluding hydrogens is 412 g/mol. The first-order chi connectivity index (χ1) is 15.2. The molecule has 1 amide bonds. The highest BCUT2D eigenvalue weighted by molar-refractivity contribution is 5.79. The summed E-state index contributed by atoms with van der Waals surface area (Å²) >= 11 is 0. The van der Waals surface area contributed by atoms with Crippen molar-refractivity contribution in [3.05, 3.63) is 23.3 Å². The van der Waals surface area contributed by atoms with Crippen molar-refractivity contribution < 1.29 is 28.9 Å². The van der Waals surface area contributed by atoms with E-state index in [9.17, 15) is 9.59 Å². The molecule has 0 aliphatic carbocycles. The van der Waals surface area contributed by atoms with Crippen LogP contribution in [0.3, 0.4) is 0 Å². The SMILES string of the molecule is COc1cc2c(cc1OC)[C@H]1C[C@@H](COC(=O)N[C@H](C)C(=O)O)[C@H](CC(C)C)CN1CC2. The molecule has 2 heterocycles. The van der Waals surface area contributed by atoms with E-state index >= 15 is 0 Å². The van der Waals surface area contributed by atoms with Crippen LogP contribution >= 0.6 is 0 Å². The summed E-state index contributed by atoms with van der Waals surface area (Å²) in [6, 6.07) is 3.42. The van der Waals surface area contributed by atoms with Gasteiger partial charge in [-0.15, -0.1) is 0 Å². The molecule has 1 fully saturated rings. The Bertz CT molecular complexity index is 827. The number of amides is 1. The molecule has 1 saturated heterocycles. The van der Waals surface area contributed by atoms with Crippen molar-refractivity contribution in [2.75, 3.05) is 33.9 Å². The molecule has 2 N–H and O–H groups in total. The van der Waals surface area contributed by atoms with Crippen LogP contribution in [0.4, 0.5) is 4.79 Å². The minimum Gasteiger partial charge on any atom is -0.493 e. The number of hydrogen-bond donors (Lipinski definition) is 2. The molecule has 0 radical (unpaired) electrons. The third-order valence-corrected chi connectivity index (χ3v) is 6.68. The highest BCUT2D eigenvalue weighted by atomic mass is 16.5. The van der Waals surface area contributed by atoms with E-state index in [-0.39, 0.29) is 18.6 Å². The number of hydrogen-bond acceptors (Lipinski definition) is 6. The smallest absolute Gasteiger partial charge is 0.407 e. The summed E-state index contributed by atoms with van der Waals surface area (Å²) < 4.78 is 16.5. The monoisotopic (exact) mass is 448 g/mol. The fourth-order valence-corrected chi connectivity index (χ4v) is 5.04. The number of carboxylic acid groups (broad SMARTS) is 1.